The van der Waals surface area contributed by atoms with Crippen LogP contribution in [0.5, 0.6) is 0 Å². The van der Waals surface area contributed by atoms with Gasteiger partial charge in [-0.1, -0.05) is 6.08 Å². The van der Waals surface area contributed by atoms with Gasteiger partial charge < -0.3 is 10.1 Å². The molecule has 0 aliphatic carbocycles. The van der Waals surface area contributed by atoms with Gasteiger partial charge in [0.05, 0.1) is 30.6 Å². The van der Waals surface area contributed by atoms with Crippen LogP contribution < -0.4 is 5.32 Å². The lowest BCUT2D eigenvalue weighted by atomic mass is 10.2. The number of methoxy groups -OCH3 is 1. The predicted octanol–water partition coefficient (Wildman–Crippen LogP) is 1.59. The van der Waals surface area contributed by atoms with Crippen molar-refractivity contribution >= 4 is 0 Å². The first-order valence-corrected chi connectivity index (χ1v) is 6.99. The number of nitrogens with zero attached hydrogens (tertiary/aromatic N) is 4. The molecule has 0 aliphatic heterocycles. The van der Waals surface area contributed by atoms with Crippen LogP contribution in [0.15, 0.2) is 31.1 Å². The molecule has 2 aromatic rings. The monoisotopic (exact) mass is 289 g/mol. The lowest BCUT2D eigenvalue weighted by molar-refractivity contribution is 0.163. The van der Waals surface area contributed by atoms with Gasteiger partial charge in [0.15, 0.2) is 0 Å². The summed E-state index contributed by atoms with van der Waals surface area (Å²) in [6.45, 7) is 7.82. The van der Waals surface area contributed by atoms with Gasteiger partial charge in [0.2, 0.25) is 0 Å². The van der Waals surface area contributed by atoms with Crippen LogP contribution in [0, 0.1) is 6.92 Å². The van der Waals surface area contributed by atoms with Crippen molar-refractivity contribution in [1.29, 1.82) is 0 Å². The Bertz CT molecular complexity index is 587. The Kier molecular flexibility index (Phi) is 5.30. The summed E-state index contributed by atoms with van der Waals surface area (Å²) in [6, 6.07) is 2.11. The lowest BCUT2D eigenvalue weighted by Crippen LogP contribution is -2.27. The van der Waals surface area contributed by atoms with Gasteiger partial charge in [0.1, 0.15) is 0 Å². The van der Waals surface area contributed by atoms with Crippen LogP contribution in [0.1, 0.15) is 23.0 Å². The summed E-state index contributed by atoms with van der Waals surface area (Å²) < 4.78 is 9.07. The Hall–Kier alpha value is -1.92. The van der Waals surface area contributed by atoms with Gasteiger partial charge in [-0.25, -0.2) is 0 Å². The molecule has 0 aromatic carbocycles. The lowest BCUT2D eigenvalue weighted by Gasteiger charge is -2.18. The van der Waals surface area contributed by atoms with E-state index in [9.17, 15) is 0 Å². The van der Waals surface area contributed by atoms with Gasteiger partial charge in [0.25, 0.3) is 0 Å². The Morgan fingerprint density at radius 1 is 1.52 bits per heavy atom. The molecule has 0 aliphatic rings. The van der Waals surface area contributed by atoms with Gasteiger partial charge in [-0.3, -0.25) is 9.36 Å². The van der Waals surface area contributed by atoms with Crippen molar-refractivity contribution < 1.29 is 4.74 Å². The molecule has 6 heteroatoms. The van der Waals surface area contributed by atoms with E-state index in [1.807, 2.05) is 35.5 Å². The molecule has 1 atom stereocenters. The molecular weight excluding hydrogens is 266 g/mol. The zero-order chi connectivity index (χ0) is 15.2. The minimum atomic E-state index is 0.102. The third-order valence-electron chi connectivity index (χ3n) is 3.45. The first-order valence-electron chi connectivity index (χ1n) is 6.99. The number of nitrogens with one attached hydrogen (secondary N) is 1. The van der Waals surface area contributed by atoms with E-state index in [0.29, 0.717) is 6.61 Å². The predicted molar refractivity (Wildman–Crippen MR) is 81.8 cm³/mol. The molecular formula is C15H23N5O. The molecule has 0 saturated carbocycles. The molecule has 0 unspecified atom stereocenters. The van der Waals surface area contributed by atoms with Crippen LogP contribution in [0.4, 0.5) is 0 Å². The van der Waals surface area contributed by atoms with E-state index in [-0.39, 0.29) is 6.04 Å². The van der Waals surface area contributed by atoms with Gasteiger partial charge in [-0.05, 0) is 13.0 Å². The molecule has 1 N–H and O–H groups in total. The highest BCUT2D eigenvalue weighted by molar-refractivity contribution is 5.16. The third kappa shape index (κ3) is 3.80. The smallest absolute Gasteiger partial charge is 0.0731 e. The standard InChI is InChI=1S/C15H23N5O/c1-5-8-20-10-13(12(2)18-20)9-16-14(11-21-4)15-6-7-17-19(15)3/h5-7,10,14,16H,1,8-9,11H2,2-4H3/t14-/m0/s1. The van der Waals surface area contributed by atoms with Gasteiger partial charge in [-0.2, -0.15) is 10.2 Å². The number of allylic oxidation sites excluding steroid dienone is 1. The van der Waals surface area contributed by atoms with E-state index >= 15 is 0 Å². The van der Waals surface area contributed by atoms with Crippen LogP contribution in [-0.2, 0) is 24.9 Å². The number of aromatic nitrogens is 4. The van der Waals surface area contributed by atoms with E-state index in [1.54, 1.807) is 13.3 Å². The molecule has 21 heavy (non-hydrogen) atoms. The molecule has 2 rings (SSSR count). The van der Waals surface area contributed by atoms with E-state index in [4.69, 9.17) is 4.74 Å². The first kappa shape index (κ1) is 15.5. The maximum absolute atomic E-state index is 5.31. The van der Waals surface area contributed by atoms with Gasteiger partial charge in [0, 0.05) is 38.7 Å². The van der Waals surface area contributed by atoms with Crippen LogP contribution in [0.2, 0.25) is 0 Å². The second-order valence-electron chi connectivity index (χ2n) is 5.02. The van der Waals surface area contributed by atoms with E-state index in [2.05, 4.69) is 28.3 Å². The van der Waals surface area contributed by atoms with E-state index < -0.39 is 0 Å². The Labute approximate surface area is 125 Å². The molecule has 2 heterocycles. The molecule has 0 spiro atoms. The van der Waals surface area contributed by atoms with Crippen LogP contribution in [0.3, 0.4) is 0 Å². The van der Waals surface area contributed by atoms with Crippen LogP contribution in [0.25, 0.3) is 0 Å². The van der Waals surface area contributed by atoms with E-state index in [0.717, 1.165) is 24.5 Å². The fourth-order valence-corrected chi connectivity index (χ4v) is 2.33. The quantitative estimate of drug-likeness (QED) is 0.750. The van der Waals surface area contributed by atoms with Crippen molar-refractivity contribution in [3.8, 4) is 0 Å². The van der Waals surface area contributed by atoms with E-state index in [1.165, 1.54) is 5.56 Å². The molecule has 0 radical (unpaired) electrons. The van der Waals surface area contributed by atoms with Crippen molar-refractivity contribution in [3.05, 3.63) is 48.1 Å². The Morgan fingerprint density at radius 2 is 2.33 bits per heavy atom. The number of hydrogen-bond acceptors (Lipinski definition) is 4. The van der Waals surface area contributed by atoms with Crippen LogP contribution in [-0.4, -0.2) is 33.3 Å². The Balaban J connectivity index is 2.05. The SMILES string of the molecule is C=CCn1cc(CN[C@@H](COC)c2ccnn2C)c(C)n1. The largest absolute Gasteiger partial charge is 0.383 e. The number of rotatable bonds is 8. The third-order valence-corrected chi connectivity index (χ3v) is 3.45. The summed E-state index contributed by atoms with van der Waals surface area (Å²) in [4.78, 5) is 0. The summed E-state index contributed by atoms with van der Waals surface area (Å²) >= 11 is 0. The molecule has 0 bridgehead atoms. The summed E-state index contributed by atoms with van der Waals surface area (Å²) in [5.74, 6) is 0. The van der Waals surface area contributed by atoms with Crippen molar-refractivity contribution in [3.63, 3.8) is 0 Å². The zero-order valence-electron chi connectivity index (χ0n) is 12.9. The number of ether oxygens (including phenoxy) is 1. The summed E-state index contributed by atoms with van der Waals surface area (Å²) in [5, 5.41) is 12.2. The molecule has 114 valence electrons. The minimum Gasteiger partial charge on any atom is -0.383 e. The summed E-state index contributed by atoms with van der Waals surface area (Å²) in [6.07, 6.45) is 5.69. The number of aryl methyl sites for hydroxylation is 2. The molecule has 6 nitrogen and oxygen atoms in total. The normalized spacial score (nSPS) is 12.5. The molecule has 2 aromatic heterocycles. The highest BCUT2D eigenvalue weighted by Crippen LogP contribution is 2.14. The average Bonchev–Trinajstić information content (AvgIpc) is 3.02. The second-order valence-corrected chi connectivity index (χ2v) is 5.02. The zero-order valence-corrected chi connectivity index (χ0v) is 12.9. The van der Waals surface area contributed by atoms with Crippen LogP contribution >= 0.6 is 0 Å². The minimum absolute atomic E-state index is 0.102. The van der Waals surface area contributed by atoms with Crippen molar-refractivity contribution in [2.45, 2.75) is 26.1 Å². The fraction of sp³-hybridized carbons (Fsp3) is 0.467. The van der Waals surface area contributed by atoms with Gasteiger partial charge in [-0.15, -0.1) is 6.58 Å². The second kappa shape index (κ2) is 7.19. The summed E-state index contributed by atoms with van der Waals surface area (Å²) in [5.41, 5.74) is 3.32. The molecule has 0 saturated heterocycles. The van der Waals surface area contributed by atoms with Crippen molar-refractivity contribution in [2.24, 2.45) is 7.05 Å². The maximum atomic E-state index is 5.31. The molecule has 0 fully saturated rings. The fourth-order valence-electron chi connectivity index (χ4n) is 2.33. The van der Waals surface area contributed by atoms with Crippen molar-refractivity contribution in [1.82, 2.24) is 24.9 Å². The number of hydrogen-bond donors (Lipinski definition) is 1. The Morgan fingerprint density at radius 3 is 2.95 bits per heavy atom. The average molecular weight is 289 g/mol. The highest BCUT2D eigenvalue weighted by Gasteiger charge is 2.15. The topological polar surface area (TPSA) is 56.9 Å². The highest BCUT2D eigenvalue weighted by atomic mass is 16.5. The maximum Gasteiger partial charge on any atom is 0.0731 e. The van der Waals surface area contributed by atoms with Gasteiger partial charge >= 0.3 is 0 Å². The first-order chi connectivity index (χ1) is 10.2. The summed E-state index contributed by atoms with van der Waals surface area (Å²) in [7, 11) is 3.64. The molecule has 0 amide bonds. The van der Waals surface area contributed by atoms with Crippen molar-refractivity contribution in [2.75, 3.05) is 13.7 Å².